The maximum absolute atomic E-state index is 9.83. The zero-order valence-electron chi connectivity index (χ0n) is 20.3. The number of anilines is 3. The zero-order valence-corrected chi connectivity index (χ0v) is 21.8. The molecule has 0 fully saturated rings. The lowest BCUT2D eigenvalue weighted by Crippen LogP contribution is -2.41. The minimum atomic E-state index is -0.372. The van der Waals surface area contributed by atoms with Gasteiger partial charge in [-0.05, 0) is 50.6 Å². The monoisotopic (exact) mass is 534 g/mol. The lowest BCUT2D eigenvalue weighted by molar-refractivity contribution is 0.220. The second kappa shape index (κ2) is 10.2. The van der Waals surface area contributed by atoms with Crippen LogP contribution in [0.2, 0.25) is 10.0 Å². The first kappa shape index (κ1) is 24.7. The van der Waals surface area contributed by atoms with Crippen LogP contribution in [0, 0.1) is 18.3 Å². The molecule has 0 bridgehead atoms. The number of oxazole rings is 1. The van der Waals surface area contributed by atoms with Gasteiger partial charge in [0.05, 0.1) is 27.5 Å². The normalized spacial score (nSPS) is 13.9. The molecule has 1 aliphatic heterocycles. The third-order valence-electron chi connectivity index (χ3n) is 6.02. The summed E-state index contributed by atoms with van der Waals surface area (Å²) < 4.78 is 5.26. The van der Waals surface area contributed by atoms with E-state index >= 15 is 0 Å². The number of aromatic nitrogens is 2. The van der Waals surface area contributed by atoms with E-state index in [-0.39, 0.29) is 12.1 Å². The first-order chi connectivity index (χ1) is 17.8. The zero-order chi connectivity index (χ0) is 26.1. The molecule has 0 amide bonds. The van der Waals surface area contributed by atoms with E-state index in [0.717, 1.165) is 16.9 Å². The van der Waals surface area contributed by atoms with Crippen LogP contribution in [0.5, 0.6) is 0 Å². The van der Waals surface area contributed by atoms with E-state index in [4.69, 9.17) is 27.6 Å². The second-order valence-corrected chi connectivity index (χ2v) is 9.73. The van der Waals surface area contributed by atoms with Gasteiger partial charge in [0.15, 0.2) is 6.39 Å². The molecular weight excluding hydrogens is 511 g/mol. The minimum absolute atomic E-state index is 0.234. The van der Waals surface area contributed by atoms with Crippen LogP contribution in [0.15, 0.2) is 65.5 Å². The summed E-state index contributed by atoms with van der Waals surface area (Å²) in [6, 6.07) is 11.4. The Labute approximate surface area is 224 Å². The van der Waals surface area contributed by atoms with Crippen LogP contribution in [0.25, 0.3) is 10.9 Å². The number of hydrogen-bond acceptors (Lipinski definition) is 9. The Balaban J connectivity index is 1.58. The van der Waals surface area contributed by atoms with Gasteiger partial charge in [0.25, 0.3) is 0 Å². The first-order valence-corrected chi connectivity index (χ1v) is 12.3. The molecular formula is C26H24Cl2N8O. The second-order valence-electron chi connectivity index (χ2n) is 8.91. The van der Waals surface area contributed by atoms with Crippen LogP contribution in [0.4, 0.5) is 17.1 Å². The standard InChI is InChI=1S/C26H24Cl2N8O/c1-14(2)36-11-22(34-35-36)26(23-12-37-13-31-23)33-18-6-19-24(32-17-5-4-15(3)20(27)7-17)16(9-29)10-30-25(19)21(28)8-18/h4-8,10-14,26,33-35H,1-3H3,(H,30,32)/t26-/m1/s1. The molecule has 0 saturated heterocycles. The number of rotatable bonds is 7. The molecule has 3 heterocycles. The van der Waals surface area contributed by atoms with Gasteiger partial charge in [-0.15, -0.1) is 5.53 Å². The van der Waals surface area contributed by atoms with Crippen molar-refractivity contribution in [1.82, 2.24) is 25.9 Å². The molecule has 1 atom stereocenters. The lowest BCUT2D eigenvalue weighted by Gasteiger charge is -2.20. The Bertz CT molecular complexity index is 1530. The van der Waals surface area contributed by atoms with Crippen molar-refractivity contribution < 1.29 is 4.42 Å². The van der Waals surface area contributed by atoms with E-state index in [2.05, 4.69) is 51.5 Å². The summed E-state index contributed by atoms with van der Waals surface area (Å²) >= 11 is 13.0. The van der Waals surface area contributed by atoms with Gasteiger partial charge >= 0.3 is 0 Å². The van der Waals surface area contributed by atoms with E-state index in [0.29, 0.717) is 43.6 Å². The predicted molar refractivity (Wildman–Crippen MR) is 145 cm³/mol. The summed E-state index contributed by atoms with van der Waals surface area (Å²) in [5.41, 5.74) is 11.8. The highest BCUT2D eigenvalue weighted by Gasteiger charge is 2.26. The Hall–Kier alpha value is -3.97. The Kier molecular flexibility index (Phi) is 6.80. The van der Waals surface area contributed by atoms with Crippen LogP contribution < -0.4 is 21.6 Å². The number of nitriles is 1. The number of aryl methyl sites for hydroxylation is 1. The average molecular weight is 535 g/mol. The number of nitrogens with zero attached hydrogens (tertiary/aromatic N) is 4. The van der Waals surface area contributed by atoms with Crippen molar-refractivity contribution >= 4 is 51.2 Å². The summed E-state index contributed by atoms with van der Waals surface area (Å²) in [5.74, 6) is 0. The Morgan fingerprint density at radius 1 is 1.11 bits per heavy atom. The highest BCUT2D eigenvalue weighted by Crippen LogP contribution is 2.37. The lowest BCUT2D eigenvalue weighted by atomic mass is 10.1. The quantitative estimate of drug-likeness (QED) is 0.220. The van der Waals surface area contributed by atoms with Crippen LogP contribution >= 0.6 is 23.2 Å². The molecule has 5 rings (SSSR count). The molecule has 188 valence electrons. The average Bonchev–Trinajstić information content (AvgIpc) is 3.58. The summed E-state index contributed by atoms with van der Waals surface area (Å²) in [6.45, 7) is 6.08. The van der Waals surface area contributed by atoms with Crippen LogP contribution in [-0.2, 0) is 0 Å². The van der Waals surface area contributed by atoms with Gasteiger partial charge in [0.1, 0.15) is 24.1 Å². The molecule has 4 N–H and O–H groups in total. The van der Waals surface area contributed by atoms with Gasteiger partial charge in [0.2, 0.25) is 0 Å². The highest BCUT2D eigenvalue weighted by molar-refractivity contribution is 6.36. The van der Waals surface area contributed by atoms with Crippen LogP contribution in [0.3, 0.4) is 0 Å². The Morgan fingerprint density at radius 3 is 2.59 bits per heavy atom. The molecule has 1 aliphatic rings. The highest BCUT2D eigenvalue weighted by atomic mass is 35.5. The number of benzene rings is 2. The molecule has 11 heteroatoms. The van der Waals surface area contributed by atoms with Crippen molar-refractivity contribution in [3.63, 3.8) is 0 Å². The van der Waals surface area contributed by atoms with Gasteiger partial charge in [-0.1, -0.05) is 29.3 Å². The van der Waals surface area contributed by atoms with Gasteiger partial charge < -0.3 is 20.5 Å². The van der Waals surface area contributed by atoms with Gasteiger partial charge in [-0.3, -0.25) is 9.99 Å². The van der Waals surface area contributed by atoms with Crippen molar-refractivity contribution in [2.24, 2.45) is 0 Å². The molecule has 2 aromatic heterocycles. The Morgan fingerprint density at radius 2 is 1.92 bits per heavy atom. The molecule has 2 aromatic carbocycles. The van der Waals surface area contributed by atoms with Crippen LogP contribution in [-0.4, -0.2) is 21.0 Å². The molecule has 0 aliphatic carbocycles. The van der Waals surface area contributed by atoms with E-state index in [9.17, 15) is 5.26 Å². The maximum Gasteiger partial charge on any atom is 0.180 e. The summed E-state index contributed by atoms with van der Waals surface area (Å²) in [7, 11) is 0. The van der Waals surface area contributed by atoms with E-state index in [1.165, 1.54) is 12.6 Å². The molecule has 37 heavy (non-hydrogen) atoms. The predicted octanol–water partition coefficient (Wildman–Crippen LogP) is 6.18. The molecule has 0 unspecified atom stereocenters. The van der Waals surface area contributed by atoms with Crippen molar-refractivity contribution in [1.29, 1.82) is 5.26 Å². The van der Waals surface area contributed by atoms with Gasteiger partial charge in [-0.2, -0.15) is 5.26 Å². The smallest absolute Gasteiger partial charge is 0.180 e. The van der Waals surface area contributed by atoms with Crippen molar-refractivity contribution in [3.05, 3.63) is 87.9 Å². The number of halogens is 2. The SMILES string of the molecule is Cc1ccc(Nc2c(C#N)cnc3c(Cl)cc(N[C@H](C4=CN(C(C)C)NN4)c4cocn4)cc23)cc1Cl. The van der Waals surface area contributed by atoms with Gasteiger partial charge in [0, 0.05) is 40.2 Å². The van der Waals surface area contributed by atoms with Crippen LogP contribution in [0.1, 0.15) is 36.7 Å². The molecule has 9 nitrogen and oxygen atoms in total. The van der Waals surface area contributed by atoms with E-state index in [1.807, 2.05) is 42.4 Å². The fourth-order valence-corrected chi connectivity index (χ4v) is 4.44. The number of hydrazine groups is 2. The van der Waals surface area contributed by atoms with Gasteiger partial charge in [-0.25, -0.2) is 4.98 Å². The van der Waals surface area contributed by atoms with E-state index < -0.39 is 0 Å². The summed E-state index contributed by atoms with van der Waals surface area (Å²) in [4.78, 5) is 8.80. The topological polar surface area (TPSA) is 114 Å². The molecule has 0 saturated carbocycles. The molecule has 4 aromatic rings. The first-order valence-electron chi connectivity index (χ1n) is 11.6. The number of pyridine rings is 1. The molecule has 0 radical (unpaired) electrons. The maximum atomic E-state index is 9.83. The third kappa shape index (κ3) is 5.00. The fraction of sp³-hybridized carbons (Fsp3) is 0.192. The largest absolute Gasteiger partial charge is 0.451 e. The van der Waals surface area contributed by atoms with Crippen molar-refractivity contribution in [2.75, 3.05) is 10.6 Å². The summed E-state index contributed by atoms with van der Waals surface area (Å²) in [6.07, 6.45) is 6.46. The third-order valence-corrected chi connectivity index (χ3v) is 6.71. The van der Waals surface area contributed by atoms with Crippen molar-refractivity contribution in [2.45, 2.75) is 32.9 Å². The van der Waals surface area contributed by atoms with E-state index in [1.54, 1.807) is 12.3 Å². The number of nitrogens with one attached hydrogen (secondary N) is 4. The minimum Gasteiger partial charge on any atom is -0.451 e. The fourth-order valence-electron chi connectivity index (χ4n) is 3.99. The molecule has 0 spiro atoms. The summed E-state index contributed by atoms with van der Waals surface area (Å²) in [5, 5.41) is 20.4. The van der Waals surface area contributed by atoms with Crippen molar-refractivity contribution in [3.8, 4) is 6.07 Å². The number of fused-ring (bicyclic) bond motifs is 1. The number of hydrogen-bond donors (Lipinski definition) is 4.